The van der Waals surface area contributed by atoms with Gasteiger partial charge in [0.25, 0.3) is 5.91 Å². The maximum absolute atomic E-state index is 13.5. The van der Waals surface area contributed by atoms with Crippen LogP contribution in [0, 0.1) is 6.92 Å². The van der Waals surface area contributed by atoms with E-state index in [4.69, 9.17) is 9.15 Å². The highest BCUT2D eigenvalue weighted by atomic mass is 32.1. The van der Waals surface area contributed by atoms with Gasteiger partial charge in [0.2, 0.25) is 5.76 Å². The van der Waals surface area contributed by atoms with E-state index < -0.39 is 6.04 Å². The quantitative estimate of drug-likeness (QED) is 0.439. The highest BCUT2D eigenvalue weighted by Crippen LogP contribution is 2.42. The van der Waals surface area contributed by atoms with E-state index in [0.29, 0.717) is 28.3 Å². The predicted molar refractivity (Wildman–Crippen MR) is 120 cm³/mol. The number of fused-ring (bicyclic) bond motifs is 2. The lowest BCUT2D eigenvalue weighted by molar-refractivity contribution is 0.0971. The van der Waals surface area contributed by atoms with Crippen molar-refractivity contribution in [3.8, 4) is 5.75 Å². The number of carbonyl (C=O) groups is 1. The Morgan fingerprint density at radius 1 is 1.16 bits per heavy atom. The summed E-state index contributed by atoms with van der Waals surface area (Å²) in [5, 5.41) is 2.80. The second kappa shape index (κ2) is 7.67. The van der Waals surface area contributed by atoms with E-state index in [1.807, 2.05) is 44.2 Å². The molecule has 6 nitrogen and oxygen atoms in total. The monoisotopic (exact) mass is 432 g/mol. The van der Waals surface area contributed by atoms with Crippen molar-refractivity contribution < 1.29 is 13.9 Å². The van der Waals surface area contributed by atoms with Crippen molar-refractivity contribution in [2.75, 3.05) is 11.5 Å². The van der Waals surface area contributed by atoms with Crippen LogP contribution in [0.3, 0.4) is 0 Å². The molecule has 1 atom stereocenters. The average Bonchev–Trinajstić information content (AvgIpc) is 3.40. The lowest BCUT2D eigenvalue weighted by atomic mass is 9.98. The van der Waals surface area contributed by atoms with Gasteiger partial charge in [0, 0.05) is 11.6 Å². The zero-order valence-corrected chi connectivity index (χ0v) is 17.9. The van der Waals surface area contributed by atoms with Gasteiger partial charge in [0.15, 0.2) is 10.6 Å². The van der Waals surface area contributed by atoms with Crippen LogP contribution in [0.2, 0.25) is 0 Å². The summed E-state index contributed by atoms with van der Waals surface area (Å²) >= 11 is 1.35. The normalized spacial score (nSPS) is 15.5. The number of benzene rings is 2. The number of aromatic nitrogens is 1. The molecular formula is C24H20N2O4S. The lowest BCUT2D eigenvalue weighted by Gasteiger charge is -2.22. The molecule has 7 heteroatoms. The molecule has 0 N–H and O–H groups in total. The number of nitrogens with zero attached hydrogens (tertiary/aromatic N) is 2. The Kier molecular flexibility index (Phi) is 4.82. The summed E-state index contributed by atoms with van der Waals surface area (Å²) in [4.78, 5) is 32.8. The van der Waals surface area contributed by atoms with Gasteiger partial charge in [0.05, 0.1) is 23.6 Å². The van der Waals surface area contributed by atoms with Crippen molar-refractivity contribution in [1.29, 1.82) is 0 Å². The number of aryl methyl sites for hydroxylation is 1. The van der Waals surface area contributed by atoms with Gasteiger partial charge in [-0.25, -0.2) is 4.98 Å². The summed E-state index contributed by atoms with van der Waals surface area (Å²) < 4.78 is 11.7. The van der Waals surface area contributed by atoms with E-state index in [0.717, 1.165) is 23.3 Å². The Labute approximate surface area is 182 Å². The smallest absolute Gasteiger partial charge is 0.297 e. The lowest BCUT2D eigenvalue weighted by Crippen LogP contribution is -2.29. The second-order valence-corrected chi connectivity index (χ2v) is 8.36. The second-order valence-electron chi connectivity index (χ2n) is 7.48. The fourth-order valence-electron chi connectivity index (χ4n) is 3.90. The number of rotatable bonds is 5. The molecule has 0 saturated heterocycles. The molecule has 156 valence electrons. The Bertz CT molecular complexity index is 1330. The summed E-state index contributed by atoms with van der Waals surface area (Å²) in [6.45, 7) is 4.60. The Morgan fingerprint density at radius 2 is 1.97 bits per heavy atom. The molecule has 2 aromatic heterocycles. The number of thiazole rings is 1. The van der Waals surface area contributed by atoms with Crippen molar-refractivity contribution in [2.24, 2.45) is 0 Å². The molecule has 31 heavy (non-hydrogen) atoms. The molecule has 0 radical (unpaired) electrons. The van der Waals surface area contributed by atoms with E-state index in [2.05, 4.69) is 4.98 Å². The number of hydrogen-bond acceptors (Lipinski definition) is 6. The fraction of sp³-hybridized carbons (Fsp3) is 0.208. The largest absolute Gasteiger partial charge is 0.494 e. The van der Waals surface area contributed by atoms with Gasteiger partial charge >= 0.3 is 0 Å². The number of hydrogen-bond donors (Lipinski definition) is 0. The summed E-state index contributed by atoms with van der Waals surface area (Å²) in [5.41, 5.74) is 2.32. The summed E-state index contributed by atoms with van der Waals surface area (Å²) in [6, 6.07) is 12.3. The molecule has 1 aliphatic heterocycles. The predicted octanol–water partition coefficient (Wildman–Crippen LogP) is 5.10. The maximum Gasteiger partial charge on any atom is 0.297 e. The minimum absolute atomic E-state index is 0.0767. The van der Waals surface area contributed by atoms with Crippen LogP contribution in [-0.2, 0) is 0 Å². The van der Waals surface area contributed by atoms with E-state index in [9.17, 15) is 9.59 Å². The van der Waals surface area contributed by atoms with Crippen LogP contribution in [0.25, 0.3) is 11.0 Å². The van der Waals surface area contributed by atoms with Gasteiger partial charge in [0.1, 0.15) is 11.3 Å². The van der Waals surface area contributed by atoms with Gasteiger partial charge in [-0.2, -0.15) is 0 Å². The van der Waals surface area contributed by atoms with Crippen LogP contribution in [0.1, 0.15) is 46.6 Å². The van der Waals surface area contributed by atoms with Crippen LogP contribution in [0.4, 0.5) is 5.13 Å². The molecule has 0 saturated carbocycles. The van der Waals surface area contributed by atoms with Crippen molar-refractivity contribution in [3.63, 3.8) is 0 Å². The summed E-state index contributed by atoms with van der Waals surface area (Å²) in [7, 11) is 0. The van der Waals surface area contributed by atoms with E-state index >= 15 is 0 Å². The molecule has 0 bridgehead atoms. The third-order valence-corrected chi connectivity index (χ3v) is 6.09. The Hall–Kier alpha value is -3.45. The van der Waals surface area contributed by atoms with Gasteiger partial charge in [-0.1, -0.05) is 30.7 Å². The first-order valence-corrected chi connectivity index (χ1v) is 11.0. The third-order valence-electron chi connectivity index (χ3n) is 5.32. The fourth-order valence-corrected chi connectivity index (χ4v) is 4.57. The Balaban J connectivity index is 1.71. The van der Waals surface area contributed by atoms with Crippen LogP contribution in [-0.4, -0.2) is 17.5 Å². The van der Waals surface area contributed by atoms with Crippen molar-refractivity contribution in [3.05, 3.63) is 86.7 Å². The highest BCUT2D eigenvalue weighted by molar-refractivity contribution is 7.13. The molecule has 4 aromatic rings. The van der Waals surface area contributed by atoms with Crippen LogP contribution in [0.5, 0.6) is 5.75 Å². The minimum Gasteiger partial charge on any atom is -0.494 e. The first-order valence-electron chi connectivity index (χ1n) is 10.1. The molecular weight excluding hydrogens is 412 g/mol. The molecule has 0 fully saturated rings. The summed E-state index contributed by atoms with van der Waals surface area (Å²) in [6.07, 6.45) is 2.56. The van der Waals surface area contributed by atoms with E-state index in [1.165, 1.54) is 11.3 Å². The van der Waals surface area contributed by atoms with Crippen molar-refractivity contribution in [2.45, 2.75) is 26.3 Å². The standard InChI is InChI=1S/C24H20N2O4S/c1-3-11-29-16-7-5-15(6-8-16)20-19-21(27)17-13-14(2)4-9-18(17)30-22(19)23(28)26(20)24-25-10-12-31-24/h4-10,12-13,20H,3,11H2,1-2H3. The Morgan fingerprint density at radius 3 is 2.68 bits per heavy atom. The van der Waals surface area contributed by atoms with Gasteiger partial charge in [-0.15, -0.1) is 11.3 Å². The zero-order valence-electron chi connectivity index (χ0n) is 17.1. The average molecular weight is 433 g/mol. The molecule has 3 heterocycles. The zero-order chi connectivity index (χ0) is 21.5. The molecule has 1 unspecified atom stereocenters. The highest BCUT2D eigenvalue weighted by Gasteiger charge is 2.44. The maximum atomic E-state index is 13.5. The summed E-state index contributed by atoms with van der Waals surface area (Å²) in [5.74, 6) is 0.464. The van der Waals surface area contributed by atoms with Crippen LogP contribution in [0.15, 0.2) is 63.3 Å². The van der Waals surface area contributed by atoms with Crippen molar-refractivity contribution in [1.82, 2.24) is 4.98 Å². The number of carbonyl (C=O) groups excluding carboxylic acids is 1. The van der Waals surface area contributed by atoms with Crippen LogP contribution >= 0.6 is 11.3 Å². The molecule has 0 aliphatic carbocycles. The number of amides is 1. The number of anilines is 1. The first-order chi connectivity index (χ1) is 15.1. The molecule has 0 spiro atoms. The molecule has 5 rings (SSSR count). The third kappa shape index (κ3) is 3.21. The van der Waals surface area contributed by atoms with E-state index in [-0.39, 0.29) is 17.1 Å². The molecule has 1 amide bonds. The van der Waals surface area contributed by atoms with Gasteiger partial charge < -0.3 is 9.15 Å². The minimum atomic E-state index is -0.616. The SMILES string of the molecule is CCCOc1ccc(C2c3c(oc4ccc(C)cc4c3=O)C(=O)N2c2nccs2)cc1. The van der Waals surface area contributed by atoms with E-state index in [1.54, 1.807) is 28.6 Å². The molecule has 1 aliphatic rings. The van der Waals surface area contributed by atoms with Gasteiger partial charge in [-0.05, 0) is 43.2 Å². The first kappa shape index (κ1) is 19.5. The topological polar surface area (TPSA) is 72.6 Å². The van der Waals surface area contributed by atoms with Crippen LogP contribution < -0.4 is 15.1 Å². The van der Waals surface area contributed by atoms with Gasteiger partial charge in [-0.3, -0.25) is 14.5 Å². The number of ether oxygens (including phenoxy) is 1. The molecule has 2 aromatic carbocycles. The van der Waals surface area contributed by atoms with Crippen molar-refractivity contribution >= 4 is 33.3 Å².